The van der Waals surface area contributed by atoms with Crippen LogP contribution in [0.3, 0.4) is 0 Å². The standard InChI is InChI=1S/C14H15BrN2O2/c1-14(2)7-11(18)13(17-12(19)8-14)16-10-5-3-4-9(15)6-10/h3-6H,7-8H2,1-2H3,(H,16,17,19). The minimum Gasteiger partial charge on any atom is -0.308 e. The fourth-order valence-corrected chi connectivity index (χ4v) is 2.41. The Labute approximate surface area is 120 Å². The predicted molar refractivity (Wildman–Crippen MR) is 77.4 cm³/mol. The molecule has 0 radical (unpaired) electrons. The molecular formula is C14H15BrN2O2. The van der Waals surface area contributed by atoms with Gasteiger partial charge in [-0.15, -0.1) is 0 Å². The minimum atomic E-state index is -0.324. The normalized spacial score (nSPS) is 21.1. The van der Waals surface area contributed by atoms with Gasteiger partial charge in [-0.2, -0.15) is 0 Å². The Balaban J connectivity index is 2.33. The highest BCUT2D eigenvalue weighted by Crippen LogP contribution is 2.28. The van der Waals surface area contributed by atoms with Crippen LogP contribution in [0.25, 0.3) is 0 Å². The molecule has 0 aromatic heterocycles. The van der Waals surface area contributed by atoms with E-state index < -0.39 is 0 Å². The summed E-state index contributed by atoms with van der Waals surface area (Å²) >= 11 is 3.35. The average molecular weight is 323 g/mol. The van der Waals surface area contributed by atoms with Crippen LogP contribution in [-0.4, -0.2) is 17.5 Å². The van der Waals surface area contributed by atoms with Crippen molar-refractivity contribution in [3.05, 3.63) is 28.7 Å². The molecule has 1 aliphatic heterocycles. The number of carbonyl (C=O) groups excluding carboxylic acids is 2. The molecule has 1 fully saturated rings. The van der Waals surface area contributed by atoms with Crippen LogP contribution in [0.15, 0.2) is 33.7 Å². The van der Waals surface area contributed by atoms with Crippen molar-refractivity contribution in [2.75, 3.05) is 0 Å². The Hall–Kier alpha value is -1.49. The molecule has 1 amide bonds. The zero-order valence-electron chi connectivity index (χ0n) is 10.9. The summed E-state index contributed by atoms with van der Waals surface area (Å²) in [6.07, 6.45) is 0.648. The Morgan fingerprint density at radius 1 is 1.26 bits per heavy atom. The number of amides is 1. The first-order valence-electron chi connectivity index (χ1n) is 6.03. The number of nitrogens with one attached hydrogen (secondary N) is 1. The molecule has 100 valence electrons. The largest absolute Gasteiger partial charge is 0.308 e. The van der Waals surface area contributed by atoms with Crippen molar-refractivity contribution in [3.8, 4) is 0 Å². The molecule has 0 spiro atoms. The van der Waals surface area contributed by atoms with Crippen LogP contribution in [0.4, 0.5) is 5.69 Å². The molecule has 1 aliphatic rings. The quantitative estimate of drug-likeness (QED) is 0.864. The molecule has 0 bridgehead atoms. The summed E-state index contributed by atoms with van der Waals surface area (Å²) in [6, 6.07) is 7.28. The van der Waals surface area contributed by atoms with Gasteiger partial charge in [0.15, 0.2) is 11.6 Å². The van der Waals surface area contributed by atoms with Crippen LogP contribution < -0.4 is 5.32 Å². The minimum absolute atomic E-state index is 0.129. The molecule has 0 saturated carbocycles. The molecule has 1 aromatic carbocycles. The molecular weight excluding hydrogens is 308 g/mol. The van der Waals surface area contributed by atoms with Crippen molar-refractivity contribution in [1.29, 1.82) is 0 Å². The van der Waals surface area contributed by atoms with E-state index in [9.17, 15) is 9.59 Å². The van der Waals surface area contributed by atoms with Gasteiger partial charge in [0.05, 0.1) is 5.69 Å². The number of rotatable bonds is 1. The Morgan fingerprint density at radius 2 is 2.00 bits per heavy atom. The van der Waals surface area contributed by atoms with Gasteiger partial charge in [0.1, 0.15) is 0 Å². The van der Waals surface area contributed by atoms with Crippen LogP contribution in [0.2, 0.25) is 0 Å². The summed E-state index contributed by atoms with van der Waals surface area (Å²) < 4.78 is 0.877. The molecule has 19 heavy (non-hydrogen) atoms. The number of amidine groups is 1. The summed E-state index contributed by atoms with van der Waals surface area (Å²) in [4.78, 5) is 28.1. The lowest BCUT2D eigenvalue weighted by atomic mass is 9.85. The second-order valence-electron chi connectivity index (χ2n) is 5.43. The third-order valence-electron chi connectivity index (χ3n) is 2.85. The van der Waals surface area contributed by atoms with Gasteiger partial charge >= 0.3 is 0 Å². The van der Waals surface area contributed by atoms with E-state index in [1.807, 2.05) is 26.0 Å². The Kier molecular flexibility index (Phi) is 3.85. The van der Waals surface area contributed by atoms with Gasteiger partial charge in [-0.1, -0.05) is 35.8 Å². The number of benzene rings is 1. The molecule has 1 aromatic rings. The van der Waals surface area contributed by atoms with E-state index in [0.717, 1.165) is 4.47 Å². The van der Waals surface area contributed by atoms with Crippen molar-refractivity contribution < 1.29 is 9.59 Å². The highest BCUT2D eigenvalue weighted by Gasteiger charge is 2.32. The number of aliphatic imine (C=N–C) groups is 1. The predicted octanol–water partition coefficient (Wildman–Crippen LogP) is 2.98. The lowest BCUT2D eigenvalue weighted by Crippen LogP contribution is -2.33. The van der Waals surface area contributed by atoms with Gasteiger partial charge in [0.2, 0.25) is 5.91 Å². The van der Waals surface area contributed by atoms with Crippen LogP contribution in [-0.2, 0) is 9.59 Å². The number of hydrogen-bond acceptors (Lipinski definition) is 3. The number of hydrogen-bond donors (Lipinski definition) is 1. The first-order chi connectivity index (χ1) is 8.85. The van der Waals surface area contributed by atoms with E-state index in [1.165, 1.54) is 0 Å². The molecule has 5 heteroatoms. The van der Waals surface area contributed by atoms with Crippen LogP contribution >= 0.6 is 15.9 Å². The maximum absolute atomic E-state index is 12.1. The number of Topliss-reactive ketones (excluding diaryl/α,β-unsaturated/α-hetero) is 1. The number of ketones is 1. The fraction of sp³-hybridized carbons (Fsp3) is 0.357. The first kappa shape index (κ1) is 13.9. The van der Waals surface area contributed by atoms with E-state index in [-0.39, 0.29) is 22.9 Å². The molecule has 2 rings (SSSR count). The van der Waals surface area contributed by atoms with Crippen LogP contribution in [0, 0.1) is 5.41 Å². The van der Waals surface area contributed by atoms with Crippen molar-refractivity contribution >= 4 is 39.1 Å². The number of carbonyl (C=O) groups is 2. The summed E-state index contributed by atoms with van der Waals surface area (Å²) in [5.41, 5.74) is 0.313. The smallest absolute Gasteiger partial charge is 0.226 e. The maximum Gasteiger partial charge on any atom is 0.226 e. The molecule has 4 nitrogen and oxygen atoms in total. The van der Waals surface area contributed by atoms with Crippen molar-refractivity contribution in [2.45, 2.75) is 26.7 Å². The maximum atomic E-state index is 12.1. The van der Waals surface area contributed by atoms with Gasteiger partial charge in [-0.05, 0) is 23.6 Å². The van der Waals surface area contributed by atoms with E-state index >= 15 is 0 Å². The van der Waals surface area contributed by atoms with Gasteiger partial charge in [-0.3, -0.25) is 9.59 Å². The lowest BCUT2D eigenvalue weighted by molar-refractivity contribution is -0.121. The SMILES string of the molecule is CC1(C)CC(=O)NC(=Nc2cccc(Br)c2)C(=O)C1. The van der Waals surface area contributed by atoms with Gasteiger partial charge in [0, 0.05) is 17.3 Å². The summed E-state index contributed by atoms with van der Waals surface area (Å²) in [6.45, 7) is 3.82. The highest BCUT2D eigenvalue weighted by atomic mass is 79.9. The number of nitrogens with zero attached hydrogens (tertiary/aromatic N) is 1. The van der Waals surface area contributed by atoms with Gasteiger partial charge in [-0.25, -0.2) is 4.99 Å². The van der Waals surface area contributed by atoms with Crippen LogP contribution in [0.1, 0.15) is 26.7 Å². The van der Waals surface area contributed by atoms with E-state index in [1.54, 1.807) is 12.1 Å². The van der Waals surface area contributed by atoms with Crippen molar-refractivity contribution in [3.63, 3.8) is 0 Å². The monoisotopic (exact) mass is 322 g/mol. The highest BCUT2D eigenvalue weighted by molar-refractivity contribution is 9.10. The third kappa shape index (κ3) is 3.73. The Bertz CT molecular complexity index is 564. The summed E-state index contributed by atoms with van der Waals surface area (Å²) in [5.74, 6) is -0.158. The van der Waals surface area contributed by atoms with E-state index in [0.29, 0.717) is 18.5 Å². The first-order valence-corrected chi connectivity index (χ1v) is 6.82. The topological polar surface area (TPSA) is 58.5 Å². The van der Waals surface area contributed by atoms with Crippen molar-refractivity contribution in [2.24, 2.45) is 10.4 Å². The Morgan fingerprint density at radius 3 is 2.68 bits per heavy atom. The summed E-state index contributed by atoms with van der Waals surface area (Å²) in [5, 5.41) is 2.60. The molecule has 0 atom stereocenters. The van der Waals surface area contributed by atoms with E-state index in [4.69, 9.17) is 0 Å². The molecule has 1 N–H and O–H groups in total. The molecule has 0 aliphatic carbocycles. The molecule has 1 saturated heterocycles. The third-order valence-corrected chi connectivity index (χ3v) is 3.34. The molecule has 1 heterocycles. The zero-order chi connectivity index (χ0) is 14.0. The molecule has 0 unspecified atom stereocenters. The summed E-state index contributed by atoms with van der Waals surface area (Å²) in [7, 11) is 0. The van der Waals surface area contributed by atoms with Gasteiger partial charge < -0.3 is 5.32 Å². The van der Waals surface area contributed by atoms with Gasteiger partial charge in [0.25, 0.3) is 0 Å². The number of halogens is 1. The zero-order valence-corrected chi connectivity index (χ0v) is 12.5. The fourth-order valence-electron chi connectivity index (χ4n) is 2.03. The van der Waals surface area contributed by atoms with Crippen LogP contribution in [0.5, 0.6) is 0 Å². The average Bonchev–Trinajstić information content (AvgIpc) is 2.34. The lowest BCUT2D eigenvalue weighted by Gasteiger charge is -2.18. The van der Waals surface area contributed by atoms with Crippen molar-refractivity contribution in [1.82, 2.24) is 5.32 Å². The second-order valence-corrected chi connectivity index (χ2v) is 6.35. The van der Waals surface area contributed by atoms with E-state index in [2.05, 4.69) is 26.2 Å². The second kappa shape index (κ2) is 5.25.